The predicted octanol–water partition coefficient (Wildman–Crippen LogP) is 3.00. The monoisotopic (exact) mass is 232 g/mol. The molecule has 2 nitrogen and oxygen atoms in total. The standard InChI is InChI=1S/C15H24N2/c1-4-12(2)10-17(3)11-14-9-13-7-5-6-8-15(13)16-14/h5-8,12,14,16H,4,9-11H2,1-3H3. The smallest absolute Gasteiger partial charge is 0.0429 e. The Kier molecular flexibility index (Phi) is 4.06. The van der Waals surface area contributed by atoms with E-state index in [0.717, 1.165) is 12.5 Å². The number of fused-ring (bicyclic) bond motifs is 1. The SMILES string of the molecule is CCC(C)CN(C)CC1Cc2ccccc2N1. The van der Waals surface area contributed by atoms with Crippen LogP contribution in [0.1, 0.15) is 25.8 Å². The molecule has 17 heavy (non-hydrogen) atoms. The minimum atomic E-state index is 0.585. The van der Waals surface area contributed by atoms with Crippen LogP contribution in [0.2, 0.25) is 0 Å². The third-order valence-corrected chi connectivity index (χ3v) is 3.70. The molecular formula is C15H24N2. The van der Waals surface area contributed by atoms with Gasteiger partial charge in [-0.05, 0) is 31.0 Å². The van der Waals surface area contributed by atoms with E-state index in [2.05, 4.69) is 55.4 Å². The molecule has 2 unspecified atom stereocenters. The van der Waals surface area contributed by atoms with Crippen LogP contribution in [0.25, 0.3) is 0 Å². The molecule has 2 atom stereocenters. The van der Waals surface area contributed by atoms with E-state index < -0.39 is 0 Å². The molecule has 0 amide bonds. The first-order valence-electron chi connectivity index (χ1n) is 6.72. The van der Waals surface area contributed by atoms with Crippen LogP contribution in [-0.4, -0.2) is 31.1 Å². The van der Waals surface area contributed by atoms with Crippen molar-refractivity contribution in [1.82, 2.24) is 4.90 Å². The van der Waals surface area contributed by atoms with Crippen molar-refractivity contribution in [2.75, 3.05) is 25.5 Å². The highest BCUT2D eigenvalue weighted by Crippen LogP contribution is 2.25. The topological polar surface area (TPSA) is 15.3 Å². The van der Waals surface area contributed by atoms with Crippen molar-refractivity contribution in [1.29, 1.82) is 0 Å². The van der Waals surface area contributed by atoms with Crippen molar-refractivity contribution >= 4 is 5.69 Å². The largest absolute Gasteiger partial charge is 0.380 e. The van der Waals surface area contributed by atoms with Crippen LogP contribution in [-0.2, 0) is 6.42 Å². The Labute approximate surface area is 105 Å². The van der Waals surface area contributed by atoms with E-state index in [0.29, 0.717) is 6.04 Å². The first-order chi connectivity index (χ1) is 8.19. The Balaban J connectivity index is 1.83. The third-order valence-electron chi connectivity index (χ3n) is 3.70. The number of rotatable bonds is 5. The maximum Gasteiger partial charge on any atom is 0.0429 e. The molecule has 1 aliphatic rings. The zero-order valence-corrected chi connectivity index (χ0v) is 11.2. The summed E-state index contributed by atoms with van der Waals surface area (Å²) in [5, 5.41) is 3.61. The first-order valence-corrected chi connectivity index (χ1v) is 6.72. The fourth-order valence-corrected chi connectivity index (χ4v) is 2.60. The molecule has 0 radical (unpaired) electrons. The van der Waals surface area contributed by atoms with Gasteiger partial charge in [-0.3, -0.25) is 0 Å². The zero-order valence-electron chi connectivity index (χ0n) is 11.2. The summed E-state index contributed by atoms with van der Waals surface area (Å²) in [5.41, 5.74) is 2.80. The van der Waals surface area contributed by atoms with E-state index in [-0.39, 0.29) is 0 Å². The highest BCUT2D eigenvalue weighted by atomic mass is 15.1. The van der Waals surface area contributed by atoms with Crippen LogP contribution >= 0.6 is 0 Å². The molecule has 0 fully saturated rings. The van der Waals surface area contributed by atoms with Crippen molar-refractivity contribution in [3.05, 3.63) is 29.8 Å². The number of hydrogen-bond acceptors (Lipinski definition) is 2. The van der Waals surface area contributed by atoms with Crippen LogP contribution in [0.5, 0.6) is 0 Å². The molecule has 0 saturated carbocycles. The first kappa shape index (κ1) is 12.4. The minimum Gasteiger partial charge on any atom is -0.380 e. The van der Waals surface area contributed by atoms with Crippen LogP contribution in [0.4, 0.5) is 5.69 Å². The molecule has 0 aromatic heterocycles. The van der Waals surface area contributed by atoms with Gasteiger partial charge < -0.3 is 10.2 Å². The molecule has 0 bridgehead atoms. The van der Waals surface area contributed by atoms with E-state index >= 15 is 0 Å². The average Bonchev–Trinajstić information content (AvgIpc) is 2.70. The second-order valence-corrected chi connectivity index (χ2v) is 5.44. The molecule has 2 heteroatoms. The molecule has 0 saturated heterocycles. The van der Waals surface area contributed by atoms with Crippen LogP contribution in [0, 0.1) is 5.92 Å². The fourth-order valence-electron chi connectivity index (χ4n) is 2.60. The molecule has 0 aliphatic carbocycles. The van der Waals surface area contributed by atoms with Crippen LogP contribution < -0.4 is 5.32 Å². The van der Waals surface area contributed by atoms with Gasteiger partial charge in [-0.15, -0.1) is 0 Å². The highest BCUT2D eigenvalue weighted by molar-refractivity contribution is 5.56. The molecule has 1 aromatic rings. The number of nitrogens with one attached hydrogen (secondary N) is 1. The fraction of sp³-hybridized carbons (Fsp3) is 0.600. The number of para-hydroxylation sites is 1. The Hall–Kier alpha value is -1.02. The number of anilines is 1. The molecule has 0 spiro atoms. The lowest BCUT2D eigenvalue weighted by atomic mass is 10.1. The van der Waals surface area contributed by atoms with Crippen molar-refractivity contribution < 1.29 is 0 Å². The summed E-state index contributed by atoms with van der Waals surface area (Å²) in [7, 11) is 2.23. The van der Waals surface area contributed by atoms with E-state index in [4.69, 9.17) is 0 Å². The molecule has 94 valence electrons. The van der Waals surface area contributed by atoms with Gasteiger partial charge in [0.25, 0.3) is 0 Å². The summed E-state index contributed by atoms with van der Waals surface area (Å²) in [5.74, 6) is 0.795. The molecule has 2 rings (SSSR count). The molecule has 1 N–H and O–H groups in total. The Morgan fingerprint density at radius 3 is 2.88 bits per heavy atom. The van der Waals surface area contributed by atoms with Gasteiger partial charge in [0.05, 0.1) is 0 Å². The minimum absolute atomic E-state index is 0.585. The van der Waals surface area contributed by atoms with Gasteiger partial charge in [0.15, 0.2) is 0 Å². The normalized spacial score (nSPS) is 20.1. The average molecular weight is 232 g/mol. The summed E-state index contributed by atoms with van der Waals surface area (Å²) >= 11 is 0. The van der Waals surface area contributed by atoms with Gasteiger partial charge in [0.2, 0.25) is 0 Å². The third kappa shape index (κ3) is 3.22. The van der Waals surface area contributed by atoms with Gasteiger partial charge in [0, 0.05) is 24.8 Å². The van der Waals surface area contributed by atoms with Gasteiger partial charge in [-0.25, -0.2) is 0 Å². The lowest BCUT2D eigenvalue weighted by Gasteiger charge is -2.24. The van der Waals surface area contributed by atoms with Crippen LogP contribution in [0.15, 0.2) is 24.3 Å². The van der Waals surface area contributed by atoms with E-state index in [9.17, 15) is 0 Å². The molecule has 1 aliphatic heterocycles. The second-order valence-electron chi connectivity index (χ2n) is 5.44. The quantitative estimate of drug-likeness (QED) is 0.839. The van der Waals surface area contributed by atoms with Crippen molar-refractivity contribution in [3.63, 3.8) is 0 Å². The second kappa shape index (κ2) is 5.54. The summed E-state index contributed by atoms with van der Waals surface area (Å²) in [6.45, 7) is 6.93. The highest BCUT2D eigenvalue weighted by Gasteiger charge is 2.21. The Bertz CT molecular complexity index is 337. The number of hydrogen-bond donors (Lipinski definition) is 1. The van der Waals surface area contributed by atoms with E-state index in [1.54, 1.807) is 0 Å². The molecule has 1 heterocycles. The molecular weight excluding hydrogens is 208 g/mol. The van der Waals surface area contributed by atoms with Gasteiger partial charge in [0.1, 0.15) is 0 Å². The lowest BCUT2D eigenvalue weighted by Crippen LogP contribution is -2.35. The van der Waals surface area contributed by atoms with Crippen molar-refractivity contribution in [2.45, 2.75) is 32.7 Å². The summed E-state index contributed by atoms with van der Waals surface area (Å²) in [6, 6.07) is 9.24. The maximum atomic E-state index is 3.61. The zero-order chi connectivity index (χ0) is 12.3. The number of nitrogens with zero attached hydrogens (tertiary/aromatic N) is 1. The lowest BCUT2D eigenvalue weighted by molar-refractivity contribution is 0.273. The number of likely N-dealkylation sites (N-methyl/N-ethyl adjacent to an activating group) is 1. The van der Waals surface area contributed by atoms with Crippen molar-refractivity contribution in [2.24, 2.45) is 5.92 Å². The Morgan fingerprint density at radius 1 is 1.41 bits per heavy atom. The predicted molar refractivity (Wildman–Crippen MR) is 74.5 cm³/mol. The Morgan fingerprint density at radius 2 is 2.18 bits per heavy atom. The summed E-state index contributed by atoms with van der Waals surface area (Å²) < 4.78 is 0. The maximum absolute atomic E-state index is 3.61. The van der Waals surface area contributed by atoms with Crippen LogP contribution in [0.3, 0.4) is 0 Å². The van der Waals surface area contributed by atoms with Gasteiger partial charge in [-0.1, -0.05) is 38.5 Å². The van der Waals surface area contributed by atoms with E-state index in [1.165, 1.54) is 30.6 Å². The van der Waals surface area contributed by atoms with Gasteiger partial charge >= 0.3 is 0 Å². The van der Waals surface area contributed by atoms with Gasteiger partial charge in [-0.2, -0.15) is 0 Å². The van der Waals surface area contributed by atoms with Crippen molar-refractivity contribution in [3.8, 4) is 0 Å². The molecule has 1 aromatic carbocycles. The number of benzene rings is 1. The summed E-state index contributed by atoms with van der Waals surface area (Å²) in [6.07, 6.45) is 2.43. The van der Waals surface area contributed by atoms with E-state index in [1.807, 2.05) is 0 Å². The summed E-state index contributed by atoms with van der Waals surface area (Å²) in [4.78, 5) is 2.46.